The number of hydrogen-bond acceptors (Lipinski definition) is 4. The Labute approximate surface area is 166 Å². The van der Waals surface area contributed by atoms with Gasteiger partial charge in [-0.05, 0) is 44.5 Å². The summed E-state index contributed by atoms with van der Waals surface area (Å²) < 4.78 is 3.03. The lowest BCUT2D eigenvalue weighted by Crippen LogP contribution is -2.18. The van der Waals surface area contributed by atoms with Crippen LogP contribution in [0.3, 0.4) is 0 Å². The Bertz CT molecular complexity index is 1040. The Balaban J connectivity index is 1.78. The van der Waals surface area contributed by atoms with Crippen molar-refractivity contribution in [3.8, 4) is 0 Å². The van der Waals surface area contributed by atoms with Crippen molar-refractivity contribution in [2.24, 2.45) is 0 Å². The lowest BCUT2D eigenvalue weighted by atomic mass is 10.2. The number of nitrogens with zero attached hydrogens (tertiary/aromatic N) is 4. The fourth-order valence-corrected chi connectivity index (χ4v) is 3.02. The van der Waals surface area contributed by atoms with E-state index in [0.29, 0.717) is 22.9 Å². The van der Waals surface area contributed by atoms with Gasteiger partial charge in [0.1, 0.15) is 6.04 Å². The van der Waals surface area contributed by atoms with Gasteiger partial charge in [0.15, 0.2) is 5.69 Å². The third-order valence-electron chi connectivity index (χ3n) is 4.44. The molecule has 2 aromatic heterocycles. The molecule has 146 valence electrons. The first kappa shape index (κ1) is 19.6. The molecule has 0 aliphatic rings. The summed E-state index contributed by atoms with van der Waals surface area (Å²) in [7, 11) is 0. The van der Waals surface area contributed by atoms with Gasteiger partial charge in [-0.25, -0.2) is 4.79 Å². The van der Waals surface area contributed by atoms with Crippen LogP contribution in [-0.2, 0) is 11.3 Å². The van der Waals surface area contributed by atoms with Gasteiger partial charge >= 0.3 is 5.97 Å². The van der Waals surface area contributed by atoms with Crippen molar-refractivity contribution < 1.29 is 14.7 Å². The molecular weight excluding hydrogens is 382 g/mol. The van der Waals surface area contributed by atoms with Crippen molar-refractivity contribution in [1.82, 2.24) is 19.6 Å². The number of aromatic nitrogens is 4. The van der Waals surface area contributed by atoms with E-state index < -0.39 is 17.9 Å². The predicted molar refractivity (Wildman–Crippen MR) is 105 cm³/mol. The zero-order valence-electron chi connectivity index (χ0n) is 15.7. The lowest BCUT2D eigenvalue weighted by molar-refractivity contribution is -0.140. The van der Waals surface area contributed by atoms with Crippen molar-refractivity contribution >= 4 is 29.2 Å². The topological polar surface area (TPSA) is 102 Å². The highest BCUT2D eigenvalue weighted by Crippen LogP contribution is 2.22. The molecule has 0 saturated carbocycles. The quantitative estimate of drug-likeness (QED) is 0.659. The van der Waals surface area contributed by atoms with Gasteiger partial charge in [-0.2, -0.15) is 10.2 Å². The molecule has 0 saturated heterocycles. The molecule has 3 aromatic rings. The Kier molecular flexibility index (Phi) is 5.51. The van der Waals surface area contributed by atoms with Crippen LogP contribution in [0.15, 0.2) is 36.5 Å². The minimum Gasteiger partial charge on any atom is -0.480 e. The Morgan fingerprint density at radius 2 is 2.00 bits per heavy atom. The number of carbonyl (C=O) groups excluding carboxylic acids is 1. The SMILES string of the molecule is Cc1nn(Cc2cccc(Cl)c2)c(C)c1NC(=O)c1ccn(C(C)C(=O)O)n1. The van der Waals surface area contributed by atoms with E-state index in [-0.39, 0.29) is 5.69 Å². The second-order valence-electron chi connectivity index (χ2n) is 6.48. The Hall–Kier alpha value is -3.13. The summed E-state index contributed by atoms with van der Waals surface area (Å²) >= 11 is 6.04. The zero-order chi connectivity index (χ0) is 20.4. The number of amides is 1. The minimum atomic E-state index is -1.02. The van der Waals surface area contributed by atoms with Crippen molar-refractivity contribution in [3.63, 3.8) is 0 Å². The van der Waals surface area contributed by atoms with Crippen LogP contribution in [0, 0.1) is 13.8 Å². The van der Waals surface area contributed by atoms with Gasteiger partial charge in [0.2, 0.25) is 0 Å². The molecule has 1 aromatic carbocycles. The number of rotatable bonds is 6. The van der Waals surface area contributed by atoms with Crippen LogP contribution in [-0.4, -0.2) is 36.5 Å². The monoisotopic (exact) mass is 401 g/mol. The highest BCUT2D eigenvalue weighted by Gasteiger charge is 2.19. The van der Waals surface area contributed by atoms with E-state index in [2.05, 4.69) is 15.5 Å². The van der Waals surface area contributed by atoms with Crippen LogP contribution in [0.2, 0.25) is 5.02 Å². The number of aryl methyl sites for hydroxylation is 1. The van der Waals surface area contributed by atoms with E-state index in [1.807, 2.05) is 38.1 Å². The number of nitrogens with one attached hydrogen (secondary N) is 1. The molecular formula is C19H20ClN5O3. The summed E-state index contributed by atoms with van der Waals surface area (Å²) in [6, 6.07) is 8.13. The van der Waals surface area contributed by atoms with Gasteiger partial charge in [-0.1, -0.05) is 23.7 Å². The number of carboxylic acid groups (broad SMARTS) is 1. The molecule has 2 heterocycles. The minimum absolute atomic E-state index is 0.134. The molecule has 1 atom stereocenters. The number of anilines is 1. The molecule has 8 nitrogen and oxygen atoms in total. The van der Waals surface area contributed by atoms with E-state index in [1.165, 1.54) is 23.9 Å². The Morgan fingerprint density at radius 3 is 2.68 bits per heavy atom. The molecule has 0 bridgehead atoms. The highest BCUT2D eigenvalue weighted by molar-refractivity contribution is 6.30. The van der Waals surface area contributed by atoms with Crippen LogP contribution in [0.4, 0.5) is 5.69 Å². The second kappa shape index (κ2) is 7.85. The standard InChI is InChI=1S/C19H20ClN5O3/c1-11-17(12(2)25(22-11)10-14-5-4-6-15(20)9-14)21-18(26)16-7-8-24(23-16)13(3)19(27)28/h4-9,13H,10H2,1-3H3,(H,21,26)(H,27,28). The number of carboxylic acids is 1. The maximum Gasteiger partial charge on any atom is 0.328 e. The zero-order valence-corrected chi connectivity index (χ0v) is 16.4. The average molecular weight is 402 g/mol. The second-order valence-corrected chi connectivity index (χ2v) is 6.92. The molecule has 1 amide bonds. The number of hydrogen-bond donors (Lipinski definition) is 2. The summed E-state index contributed by atoms with van der Waals surface area (Å²) in [4.78, 5) is 23.6. The first-order valence-electron chi connectivity index (χ1n) is 8.64. The molecule has 28 heavy (non-hydrogen) atoms. The molecule has 0 aliphatic carbocycles. The first-order valence-corrected chi connectivity index (χ1v) is 9.02. The van der Waals surface area contributed by atoms with Crippen molar-refractivity contribution in [1.29, 1.82) is 0 Å². The summed E-state index contributed by atoms with van der Waals surface area (Å²) in [5.41, 5.74) is 3.20. The van der Waals surface area contributed by atoms with E-state index in [9.17, 15) is 9.59 Å². The number of aliphatic carboxylic acids is 1. The summed E-state index contributed by atoms with van der Waals surface area (Å²) in [5.74, 6) is -1.45. The smallest absolute Gasteiger partial charge is 0.328 e. The van der Waals surface area contributed by atoms with E-state index in [1.54, 1.807) is 4.68 Å². The highest BCUT2D eigenvalue weighted by atomic mass is 35.5. The molecule has 1 unspecified atom stereocenters. The van der Waals surface area contributed by atoms with Gasteiger partial charge in [0.25, 0.3) is 5.91 Å². The summed E-state index contributed by atoms with van der Waals surface area (Å²) in [6.07, 6.45) is 1.47. The van der Waals surface area contributed by atoms with E-state index in [4.69, 9.17) is 16.7 Å². The van der Waals surface area contributed by atoms with Crippen LogP contribution < -0.4 is 5.32 Å². The van der Waals surface area contributed by atoms with Crippen LogP contribution in [0.5, 0.6) is 0 Å². The van der Waals surface area contributed by atoms with Crippen molar-refractivity contribution in [3.05, 3.63) is 64.2 Å². The molecule has 3 rings (SSSR count). The number of benzene rings is 1. The fraction of sp³-hybridized carbons (Fsp3) is 0.263. The average Bonchev–Trinajstić information content (AvgIpc) is 3.22. The third kappa shape index (κ3) is 4.07. The van der Waals surface area contributed by atoms with Gasteiger partial charge in [-0.3, -0.25) is 14.2 Å². The van der Waals surface area contributed by atoms with Gasteiger partial charge in [0, 0.05) is 11.2 Å². The normalized spacial score (nSPS) is 12.0. The third-order valence-corrected chi connectivity index (χ3v) is 4.67. The number of carbonyl (C=O) groups is 2. The van der Waals surface area contributed by atoms with Gasteiger partial charge < -0.3 is 10.4 Å². The maximum atomic E-state index is 12.5. The largest absolute Gasteiger partial charge is 0.480 e. The molecule has 0 fully saturated rings. The van der Waals surface area contributed by atoms with Gasteiger partial charge in [0.05, 0.1) is 23.6 Å². The predicted octanol–water partition coefficient (Wildman–Crippen LogP) is 3.30. The molecule has 0 aliphatic heterocycles. The van der Waals surface area contributed by atoms with Crippen LogP contribution in [0.25, 0.3) is 0 Å². The summed E-state index contributed by atoms with van der Waals surface area (Å²) in [6.45, 7) is 5.69. The maximum absolute atomic E-state index is 12.5. The number of halogens is 1. The summed E-state index contributed by atoms with van der Waals surface area (Å²) in [5, 5.41) is 21.1. The molecule has 0 spiro atoms. The molecule has 0 radical (unpaired) electrons. The van der Waals surface area contributed by atoms with Gasteiger partial charge in [-0.15, -0.1) is 0 Å². The van der Waals surface area contributed by atoms with Crippen molar-refractivity contribution in [2.45, 2.75) is 33.4 Å². The molecule has 2 N–H and O–H groups in total. The van der Waals surface area contributed by atoms with E-state index in [0.717, 1.165) is 11.3 Å². The fourth-order valence-electron chi connectivity index (χ4n) is 2.81. The molecule has 9 heteroatoms. The lowest BCUT2D eigenvalue weighted by Gasteiger charge is -2.07. The van der Waals surface area contributed by atoms with Crippen molar-refractivity contribution in [2.75, 3.05) is 5.32 Å². The van der Waals surface area contributed by atoms with E-state index >= 15 is 0 Å². The van der Waals surface area contributed by atoms with Crippen LogP contribution in [0.1, 0.15) is 40.4 Å². The first-order chi connectivity index (χ1) is 13.3. The van der Waals surface area contributed by atoms with Crippen LogP contribution >= 0.6 is 11.6 Å². The Morgan fingerprint density at radius 1 is 1.25 bits per heavy atom.